The fourth-order valence-corrected chi connectivity index (χ4v) is 2.94. The van der Waals surface area contributed by atoms with E-state index in [0.29, 0.717) is 0 Å². The number of carbonyl (C=O) groups excluding carboxylic acids is 3. The Bertz CT molecular complexity index is 697. The van der Waals surface area contributed by atoms with Gasteiger partial charge in [-0.05, 0) is 50.3 Å². The second-order valence-electron chi connectivity index (χ2n) is 6.75. The molecule has 1 aliphatic heterocycles. The fraction of sp³-hybridized carbons (Fsp3) is 0.500. The molecule has 1 saturated heterocycles. The molecule has 6 nitrogen and oxygen atoms in total. The van der Waals surface area contributed by atoms with Crippen LogP contribution in [0.1, 0.15) is 42.5 Å². The molecular formula is C18H23N3O3. The molecule has 2 aliphatic rings. The van der Waals surface area contributed by atoms with Gasteiger partial charge in [0.25, 0.3) is 5.91 Å². The highest BCUT2D eigenvalue weighted by Gasteiger charge is 2.44. The van der Waals surface area contributed by atoms with Gasteiger partial charge < -0.3 is 10.2 Å². The van der Waals surface area contributed by atoms with Crippen molar-refractivity contribution in [3.8, 4) is 0 Å². The maximum absolute atomic E-state index is 12.2. The first-order valence-corrected chi connectivity index (χ1v) is 8.34. The zero-order valence-corrected chi connectivity index (χ0v) is 14.3. The highest BCUT2D eigenvalue weighted by molar-refractivity contribution is 6.04. The van der Waals surface area contributed by atoms with Crippen molar-refractivity contribution < 1.29 is 14.4 Å². The predicted molar refractivity (Wildman–Crippen MR) is 89.3 cm³/mol. The molecule has 1 heterocycles. The smallest absolute Gasteiger partial charge is 0.327 e. The number of urea groups is 1. The number of nitrogens with one attached hydrogen (secondary N) is 1. The zero-order chi connectivity index (χ0) is 17.4. The molecule has 3 rings (SSSR count). The summed E-state index contributed by atoms with van der Waals surface area (Å²) in [5.74, 6) is -0.610. The Hall–Kier alpha value is -2.37. The minimum atomic E-state index is -0.337. The molecule has 128 valence electrons. The standard InChI is InChI=1S/C18H23N3O3/c1-11-4-5-14(8-12(11)2)13(3)19-16(22)9-21-17(23)10-20(18(21)24)15-6-7-15/h4-5,8,13,15H,6-7,9-10H2,1-3H3,(H,19,22). The number of imide groups is 1. The van der Waals surface area contributed by atoms with Gasteiger partial charge in [-0.3, -0.25) is 14.5 Å². The third kappa shape index (κ3) is 3.27. The number of rotatable bonds is 5. The van der Waals surface area contributed by atoms with E-state index in [0.717, 1.165) is 23.3 Å². The van der Waals surface area contributed by atoms with Gasteiger partial charge >= 0.3 is 6.03 Å². The van der Waals surface area contributed by atoms with E-state index in [4.69, 9.17) is 0 Å². The van der Waals surface area contributed by atoms with Crippen LogP contribution in [0.25, 0.3) is 0 Å². The van der Waals surface area contributed by atoms with Gasteiger partial charge in [-0.25, -0.2) is 4.79 Å². The van der Waals surface area contributed by atoms with E-state index in [1.54, 1.807) is 4.90 Å². The number of nitrogens with zero attached hydrogens (tertiary/aromatic N) is 2. The summed E-state index contributed by atoms with van der Waals surface area (Å²) in [6.45, 7) is 5.85. The maximum atomic E-state index is 12.2. The monoisotopic (exact) mass is 329 g/mol. The molecule has 1 aromatic rings. The van der Waals surface area contributed by atoms with Crippen LogP contribution in [0.15, 0.2) is 18.2 Å². The summed E-state index contributed by atoms with van der Waals surface area (Å²) in [5, 5.41) is 2.87. The van der Waals surface area contributed by atoms with E-state index in [1.165, 1.54) is 11.1 Å². The van der Waals surface area contributed by atoms with Crippen molar-refractivity contribution in [3.05, 3.63) is 34.9 Å². The molecule has 0 bridgehead atoms. The molecule has 0 aromatic heterocycles. The van der Waals surface area contributed by atoms with Crippen LogP contribution in [-0.4, -0.2) is 46.8 Å². The Kier molecular flexibility index (Phi) is 4.30. The molecule has 1 atom stereocenters. The third-order valence-electron chi connectivity index (χ3n) is 4.78. The van der Waals surface area contributed by atoms with Crippen molar-refractivity contribution >= 4 is 17.8 Å². The minimum Gasteiger partial charge on any atom is -0.348 e. The van der Waals surface area contributed by atoms with E-state index < -0.39 is 0 Å². The largest absolute Gasteiger partial charge is 0.348 e. The zero-order valence-electron chi connectivity index (χ0n) is 14.3. The van der Waals surface area contributed by atoms with Gasteiger partial charge in [0.05, 0.1) is 6.04 Å². The lowest BCUT2D eigenvalue weighted by molar-refractivity contribution is -0.131. The average Bonchev–Trinajstić information content (AvgIpc) is 3.32. The molecule has 0 spiro atoms. The molecule has 4 amide bonds. The summed E-state index contributed by atoms with van der Waals surface area (Å²) in [6.07, 6.45) is 1.89. The van der Waals surface area contributed by atoms with Gasteiger partial charge in [-0.2, -0.15) is 0 Å². The lowest BCUT2D eigenvalue weighted by atomic mass is 10.0. The molecular weight excluding hydrogens is 306 g/mol. The Morgan fingerprint density at radius 1 is 1.25 bits per heavy atom. The predicted octanol–water partition coefficient (Wildman–Crippen LogP) is 1.91. The maximum Gasteiger partial charge on any atom is 0.327 e. The molecule has 2 fully saturated rings. The Balaban J connectivity index is 1.59. The topological polar surface area (TPSA) is 69.7 Å². The number of aryl methyl sites for hydroxylation is 2. The van der Waals surface area contributed by atoms with Gasteiger partial charge in [-0.1, -0.05) is 18.2 Å². The molecule has 1 aliphatic carbocycles. The molecule has 6 heteroatoms. The summed E-state index contributed by atoms with van der Waals surface area (Å²) < 4.78 is 0. The van der Waals surface area contributed by atoms with Crippen LogP contribution < -0.4 is 5.32 Å². The SMILES string of the molecule is Cc1ccc(C(C)NC(=O)CN2C(=O)CN(C3CC3)C2=O)cc1C. The minimum absolute atomic E-state index is 0.101. The molecule has 24 heavy (non-hydrogen) atoms. The first kappa shape index (κ1) is 16.5. The summed E-state index contributed by atoms with van der Waals surface area (Å²) in [5.41, 5.74) is 3.37. The van der Waals surface area contributed by atoms with Crippen molar-refractivity contribution in [2.45, 2.75) is 45.7 Å². The first-order valence-electron chi connectivity index (χ1n) is 8.34. The number of hydrogen-bond acceptors (Lipinski definition) is 3. The van der Waals surface area contributed by atoms with Crippen LogP contribution in [0.4, 0.5) is 4.79 Å². The van der Waals surface area contributed by atoms with Gasteiger partial charge in [0, 0.05) is 6.04 Å². The second-order valence-corrected chi connectivity index (χ2v) is 6.75. The number of hydrogen-bond donors (Lipinski definition) is 1. The van der Waals surface area contributed by atoms with Crippen LogP contribution >= 0.6 is 0 Å². The number of amides is 4. The Labute approximate surface area is 141 Å². The molecule has 1 N–H and O–H groups in total. The van der Waals surface area contributed by atoms with Crippen LogP contribution in [-0.2, 0) is 9.59 Å². The van der Waals surface area contributed by atoms with Gasteiger partial charge in [0.2, 0.25) is 5.91 Å². The van der Waals surface area contributed by atoms with Gasteiger partial charge in [0.1, 0.15) is 13.1 Å². The van der Waals surface area contributed by atoms with Crippen LogP contribution in [0.5, 0.6) is 0 Å². The first-order chi connectivity index (χ1) is 11.4. The van der Waals surface area contributed by atoms with Crippen molar-refractivity contribution in [1.29, 1.82) is 0 Å². The number of benzene rings is 1. The highest BCUT2D eigenvalue weighted by atomic mass is 16.2. The lowest BCUT2D eigenvalue weighted by Crippen LogP contribution is -2.42. The molecule has 0 radical (unpaired) electrons. The Morgan fingerprint density at radius 2 is 1.96 bits per heavy atom. The normalized spacial score (nSPS) is 19.0. The van der Waals surface area contributed by atoms with Crippen molar-refractivity contribution in [2.24, 2.45) is 0 Å². The quantitative estimate of drug-likeness (QED) is 0.839. The molecule has 1 saturated carbocycles. The van der Waals surface area contributed by atoms with Crippen molar-refractivity contribution in [2.75, 3.05) is 13.1 Å². The number of carbonyl (C=O) groups is 3. The second kappa shape index (κ2) is 6.26. The Morgan fingerprint density at radius 3 is 2.58 bits per heavy atom. The highest BCUT2D eigenvalue weighted by Crippen LogP contribution is 2.30. The van der Waals surface area contributed by atoms with Crippen LogP contribution in [0.2, 0.25) is 0 Å². The summed E-state index contributed by atoms with van der Waals surface area (Å²) >= 11 is 0. The van der Waals surface area contributed by atoms with E-state index in [1.807, 2.05) is 39.0 Å². The van der Waals surface area contributed by atoms with Gasteiger partial charge in [0.15, 0.2) is 0 Å². The van der Waals surface area contributed by atoms with Crippen LogP contribution in [0.3, 0.4) is 0 Å². The molecule has 1 unspecified atom stereocenters. The van der Waals surface area contributed by atoms with E-state index >= 15 is 0 Å². The third-order valence-corrected chi connectivity index (χ3v) is 4.78. The van der Waals surface area contributed by atoms with Crippen molar-refractivity contribution in [3.63, 3.8) is 0 Å². The van der Waals surface area contributed by atoms with E-state index in [2.05, 4.69) is 5.32 Å². The van der Waals surface area contributed by atoms with Gasteiger partial charge in [-0.15, -0.1) is 0 Å². The molecule has 1 aromatic carbocycles. The van der Waals surface area contributed by atoms with E-state index in [9.17, 15) is 14.4 Å². The summed E-state index contributed by atoms with van der Waals surface area (Å²) in [7, 11) is 0. The lowest BCUT2D eigenvalue weighted by Gasteiger charge is -2.19. The summed E-state index contributed by atoms with van der Waals surface area (Å²) in [6, 6.07) is 5.72. The fourth-order valence-electron chi connectivity index (χ4n) is 2.94. The summed E-state index contributed by atoms with van der Waals surface area (Å²) in [4.78, 5) is 39.1. The van der Waals surface area contributed by atoms with Crippen molar-refractivity contribution in [1.82, 2.24) is 15.1 Å². The van der Waals surface area contributed by atoms with Crippen LogP contribution in [0, 0.1) is 13.8 Å². The van der Waals surface area contributed by atoms with E-state index in [-0.39, 0.29) is 43.0 Å². The average molecular weight is 329 g/mol.